The number of phenols is 1. The standard InChI is InChI=1S/C21H32N4O6S2/c1-3-11(2)17(20(29)24-16(10-33)21(30)31)25-19(28)15(23-18(27)14(22)9-32)8-12-4-6-13(26)7-5-12/h4-7,11,14-17,26,32-33H,3,8-10,22H2,1-2H3,(H,23,27)(H,24,29)(H,25,28)(H,30,31). The molecule has 0 saturated carbocycles. The van der Waals surface area contributed by atoms with E-state index in [0.29, 0.717) is 12.0 Å². The number of carbonyl (C=O) groups excluding carboxylic acids is 3. The number of benzene rings is 1. The van der Waals surface area contributed by atoms with Crippen molar-refractivity contribution in [3.8, 4) is 5.75 Å². The minimum Gasteiger partial charge on any atom is -0.508 e. The molecule has 5 unspecified atom stereocenters. The van der Waals surface area contributed by atoms with E-state index >= 15 is 0 Å². The van der Waals surface area contributed by atoms with Crippen LogP contribution >= 0.6 is 25.3 Å². The molecular weight excluding hydrogens is 468 g/mol. The maximum Gasteiger partial charge on any atom is 0.327 e. The summed E-state index contributed by atoms with van der Waals surface area (Å²) in [6.45, 7) is 3.57. The van der Waals surface area contributed by atoms with Gasteiger partial charge in [-0.2, -0.15) is 25.3 Å². The molecule has 184 valence electrons. The Kier molecular flexibility index (Phi) is 12.1. The van der Waals surface area contributed by atoms with Crippen LogP contribution in [0.4, 0.5) is 0 Å². The molecular formula is C21H32N4O6S2. The summed E-state index contributed by atoms with van der Waals surface area (Å²) in [7, 11) is 0. The number of thiol groups is 2. The lowest BCUT2D eigenvalue weighted by Crippen LogP contribution is -2.59. The van der Waals surface area contributed by atoms with Crippen molar-refractivity contribution in [1.29, 1.82) is 0 Å². The van der Waals surface area contributed by atoms with E-state index < -0.39 is 47.9 Å². The molecule has 1 aromatic rings. The SMILES string of the molecule is CCC(C)C(NC(=O)C(Cc1ccc(O)cc1)NC(=O)C(N)CS)C(=O)NC(CS)C(=O)O. The Morgan fingerprint density at radius 1 is 0.939 bits per heavy atom. The summed E-state index contributed by atoms with van der Waals surface area (Å²) >= 11 is 7.94. The second kappa shape index (κ2) is 14.0. The summed E-state index contributed by atoms with van der Waals surface area (Å²) < 4.78 is 0. The van der Waals surface area contributed by atoms with Crippen molar-refractivity contribution in [2.45, 2.75) is 50.9 Å². The van der Waals surface area contributed by atoms with Gasteiger partial charge in [0, 0.05) is 17.9 Å². The normalized spacial score (nSPS) is 15.4. The van der Waals surface area contributed by atoms with Crippen LogP contribution < -0.4 is 21.7 Å². The number of aromatic hydroxyl groups is 1. The molecule has 33 heavy (non-hydrogen) atoms. The van der Waals surface area contributed by atoms with Crippen molar-refractivity contribution in [2.24, 2.45) is 11.7 Å². The highest BCUT2D eigenvalue weighted by molar-refractivity contribution is 7.80. The first-order valence-corrected chi connectivity index (χ1v) is 11.7. The van der Waals surface area contributed by atoms with Crippen molar-refractivity contribution in [3.63, 3.8) is 0 Å². The van der Waals surface area contributed by atoms with Gasteiger partial charge >= 0.3 is 5.97 Å². The van der Waals surface area contributed by atoms with Gasteiger partial charge in [-0.3, -0.25) is 14.4 Å². The van der Waals surface area contributed by atoms with Gasteiger partial charge in [-0.25, -0.2) is 4.79 Å². The van der Waals surface area contributed by atoms with Crippen LogP contribution in [0.2, 0.25) is 0 Å². The van der Waals surface area contributed by atoms with E-state index in [1.807, 2.05) is 6.92 Å². The molecule has 7 N–H and O–H groups in total. The summed E-state index contributed by atoms with van der Waals surface area (Å²) in [5, 5.41) is 26.3. The number of hydrogen-bond donors (Lipinski definition) is 8. The van der Waals surface area contributed by atoms with Crippen LogP contribution in [0.15, 0.2) is 24.3 Å². The predicted octanol–water partition coefficient (Wildman–Crippen LogP) is -0.293. The Bertz CT molecular complexity index is 823. The van der Waals surface area contributed by atoms with E-state index in [1.165, 1.54) is 12.1 Å². The number of carboxylic acids is 1. The largest absolute Gasteiger partial charge is 0.508 e. The lowest BCUT2D eigenvalue weighted by atomic mass is 9.96. The minimum atomic E-state index is -1.24. The Morgan fingerprint density at radius 3 is 2.00 bits per heavy atom. The first-order valence-electron chi connectivity index (χ1n) is 10.4. The van der Waals surface area contributed by atoms with E-state index in [9.17, 15) is 29.4 Å². The number of phenolic OH excluding ortho intramolecular Hbond substituents is 1. The van der Waals surface area contributed by atoms with E-state index in [-0.39, 0.29) is 29.6 Å². The van der Waals surface area contributed by atoms with Gasteiger partial charge < -0.3 is 31.9 Å². The number of nitrogens with one attached hydrogen (secondary N) is 3. The van der Waals surface area contributed by atoms with Gasteiger partial charge in [0.15, 0.2) is 0 Å². The fourth-order valence-electron chi connectivity index (χ4n) is 2.84. The third-order valence-electron chi connectivity index (χ3n) is 5.13. The van der Waals surface area contributed by atoms with Crippen LogP contribution in [-0.2, 0) is 25.6 Å². The minimum absolute atomic E-state index is 0.0477. The summed E-state index contributed by atoms with van der Waals surface area (Å²) in [4.78, 5) is 49.5. The zero-order valence-electron chi connectivity index (χ0n) is 18.5. The maximum absolute atomic E-state index is 13.1. The highest BCUT2D eigenvalue weighted by Crippen LogP contribution is 2.13. The number of rotatable bonds is 13. The molecule has 0 spiro atoms. The van der Waals surface area contributed by atoms with Crippen LogP contribution in [-0.4, -0.2) is 69.6 Å². The van der Waals surface area contributed by atoms with Crippen molar-refractivity contribution in [2.75, 3.05) is 11.5 Å². The van der Waals surface area contributed by atoms with Gasteiger partial charge in [-0.05, 0) is 23.6 Å². The van der Waals surface area contributed by atoms with Crippen LogP contribution in [0.5, 0.6) is 5.75 Å². The number of carbonyl (C=O) groups is 4. The number of hydrogen-bond acceptors (Lipinski definition) is 8. The second-order valence-electron chi connectivity index (χ2n) is 7.67. The lowest BCUT2D eigenvalue weighted by Gasteiger charge is -2.28. The van der Waals surface area contributed by atoms with Gasteiger partial charge in [0.2, 0.25) is 17.7 Å². The van der Waals surface area contributed by atoms with Gasteiger partial charge in [-0.15, -0.1) is 0 Å². The summed E-state index contributed by atoms with van der Waals surface area (Å²) in [5.41, 5.74) is 6.37. The molecule has 0 radical (unpaired) electrons. The van der Waals surface area contributed by atoms with Gasteiger partial charge in [-0.1, -0.05) is 32.4 Å². The molecule has 10 nitrogen and oxygen atoms in total. The molecule has 1 aromatic carbocycles. The molecule has 0 heterocycles. The van der Waals surface area contributed by atoms with E-state index in [2.05, 4.69) is 41.2 Å². The average molecular weight is 501 g/mol. The second-order valence-corrected chi connectivity index (χ2v) is 8.40. The average Bonchev–Trinajstić information content (AvgIpc) is 2.79. The van der Waals surface area contributed by atoms with E-state index in [0.717, 1.165) is 0 Å². The highest BCUT2D eigenvalue weighted by atomic mass is 32.1. The van der Waals surface area contributed by atoms with Gasteiger partial charge in [0.05, 0.1) is 6.04 Å². The third-order valence-corrected chi connectivity index (χ3v) is 5.89. The Balaban J connectivity index is 3.11. The molecule has 12 heteroatoms. The molecule has 0 fully saturated rings. The Morgan fingerprint density at radius 2 is 1.52 bits per heavy atom. The van der Waals surface area contributed by atoms with Crippen molar-refractivity contribution >= 4 is 48.9 Å². The number of aliphatic carboxylic acids is 1. The van der Waals surface area contributed by atoms with Gasteiger partial charge in [0.25, 0.3) is 0 Å². The number of amides is 3. The molecule has 5 atom stereocenters. The van der Waals surface area contributed by atoms with Crippen LogP contribution in [0.3, 0.4) is 0 Å². The smallest absolute Gasteiger partial charge is 0.327 e. The maximum atomic E-state index is 13.1. The summed E-state index contributed by atoms with van der Waals surface area (Å²) in [6.07, 6.45) is 0.594. The molecule has 0 aromatic heterocycles. The third kappa shape index (κ3) is 9.14. The molecule has 0 aliphatic carbocycles. The zero-order valence-corrected chi connectivity index (χ0v) is 20.3. The molecule has 3 amide bonds. The Hall–Kier alpha value is -2.44. The lowest BCUT2D eigenvalue weighted by molar-refractivity contribution is -0.142. The summed E-state index contributed by atoms with van der Waals surface area (Å²) in [6, 6.07) is 1.82. The summed E-state index contributed by atoms with van der Waals surface area (Å²) in [5.74, 6) is -3.47. The molecule has 0 aliphatic heterocycles. The molecule has 0 aliphatic rings. The first-order chi connectivity index (χ1) is 15.5. The number of carboxylic acid groups (broad SMARTS) is 1. The Labute approximate surface area is 203 Å². The quantitative estimate of drug-likeness (QED) is 0.172. The highest BCUT2D eigenvalue weighted by Gasteiger charge is 2.32. The molecule has 0 bridgehead atoms. The number of nitrogens with two attached hydrogens (primary N) is 1. The van der Waals surface area contributed by atoms with Crippen LogP contribution in [0, 0.1) is 5.92 Å². The van der Waals surface area contributed by atoms with E-state index in [1.54, 1.807) is 19.1 Å². The van der Waals surface area contributed by atoms with Crippen molar-refractivity contribution < 1.29 is 29.4 Å². The van der Waals surface area contributed by atoms with Crippen molar-refractivity contribution in [1.82, 2.24) is 16.0 Å². The zero-order chi connectivity index (χ0) is 25.1. The van der Waals surface area contributed by atoms with Gasteiger partial charge in [0.1, 0.15) is 23.9 Å². The van der Waals surface area contributed by atoms with Crippen LogP contribution in [0.25, 0.3) is 0 Å². The van der Waals surface area contributed by atoms with Crippen molar-refractivity contribution in [3.05, 3.63) is 29.8 Å². The molecule has 0 saturated heterocycles. The van der Waals surface area contributed by atoms with E-state index in [4.69, 9.17) is 5.73 Å². The van der Waals surface area contributed by atoms with Crippen LogP contribution in [0.1, 0.15) is 25.8 Å². The fraction of sp³-hybridized carbons (Fsp3) is 0.524. The fourth-order valence-corrected chi connectivity index (χ4v) is 3.25. The first kappa shape index (κ1) is 28.6. The predicted molar refractivity (Wildman–Crippen MR) is 130 cm³/mol. The topological polar surface area (TPSA) is 171 Å². The molecule has 1 rings (SSSR count). The monoisotopic (exact) mass is 500 g/mol.